The highest BCUT2D eigenvalue weighted by atomic mass is 16.4. The SMILES string of the molecule is O=C(O)CCCCCC=C=CCCCCCCCCCCC(=O)O. The zero-order valence-corrected chi connectivity index (χ0v) is 15.0. The lowest BCUT2D eigenvalue weighted by Gasteiger charge is -2.00. The lowest BCUT2D eigenvalue weighted by molar-refractivity contribution is -0.138. The van der Waals surface area contributed by atoms with Gasteiger partial charge in [-0.25, -0.2) is 0 Å². The molecule has 0 aromatic rings. The van der Waals surface area contributed by atoms with Crippen molar-refractivity contribution in [3.05, 3.63) is 17.9 Å². The average Bonchev–Trinajstić information content (AvgIpc) is 2.53. The number of carboxylic acid groups (broad SMARTS) is 2. The highest BCUT2D eigenvalue weighted by Crippen LogP contribution is 2.10. The van der Waals surface area contributed by atoms with E-state index in [0.717, 1.165) is 51.4 Å². The molecule has 0 radical (unpaired) electrons. The first-order valence-corrected chi connectivity index (χ1v) is 9.46. The van der Waals surface area contributed by atoms with Crippen molar-refractivity contribution < 1.29 is 19.8 Å². The van der Waals surface area contributed by atoms with Crippen LogP contribution in [0.1, 0.15) is 96.3 Å². The maximum absolute atomic E-state index is 10.4. The summed E-state index contributed by atoms with van der Waals surface area (Å²) in [7, 11) is 0. The van der Waals surface area contributed by atoms with Crippen molar-refractivity contribution >= 4 is 11.9 Å². The summed E-state index contributed by atoms with van der Waals surface area (Å²) in [4.78, 5) is 20.7. The predicted molar refractivity (Wildman–Crippen MR) is 97.2 cm³/mol. The maximum Gasteiger partial charge on any atom is 0.303 e. The molecule has 4 nitrogen and oxygen atoms in total. The van der Waals surface area contributed by atoms with Gasteiger partial charge in [0.15, 0.2) is 0 Å². The van der Waals surface area contributed by atoms with Crippen LogP contribution in [0.3, 0.4) is 0 Å². The van der Waals surface area contributed by atoms with E-state index in [1.807, 2.05) is 0 Å². The summed E-state index contributed by atoms with van der Waals surface area (Å²) in [6, 6.07) is 0. The van der Waals surface area contributed by atoms with Gasteiger partial charge in [-0.1, -0.05) is 44.9 Å². The second kappa shape index (κ2) is 17.8. The van der Waals surface area contributed by atoms with E-state index in [9.17, 15) is 9.59 Å². The molecule has 0 bridgehead atoms. The number of carbonyl (C=O) groups is 2. The molecule has 0 unspecified atom stereocenters. The van der Waals surface area contributed by atoms with E-state index in [4.69, 9.17) is 10.2 Å². The first-order valence-electron chi connectivity index (χ1n) is 9.46. The molecule has 2 N–H and O–H groups in total. The van der Waals surface area contributed by atoms with E-state index >= 15 is 0 Å². The van der Waals surface area contributed by atoms with Crippen LogP contribution in [-0.4, -0.2) is 22.2 Å². The van der Waals surface area contributed by atoms with E-state index in [0.29, 0.717) is 6.42 Å². The number of allylic oxidation sites excluding steroid dienone is 1. The van der Waals surface area contributed by atoms with Crippen LogP contribution < -0.4 is 0 Å². The van der Waals surface area contributed by atoms with Crippen molar-refractivity contribution in [1.29, 1.82) is 0 Å². The third kappa shape index (κ3) is 20.5. The number of carboxylic acids is 2. The summed E-state index contributed by atoms with van der Waals surface area (Å²) in [5.41, 5.74) is 3.21. The van der Waals surface area contributed by atoms with Gasteiger partial charge in [0, 0.05) is 12.8 Å². The van der Waals surface area contributed by atoms with Crippen LogP contribution in [-0.2, 0) is 9.59 Å². The molecule has 0 aromatic heterocycles. The quantitative estimate of drug-likeness (QED) is 0.263. The molecule has 24 heavy (non-hydrogen) atoms. The molecule has 0 atom stereocenters. The molecule has 4 heteroatoms. The third-order valence-corrected chi connectivity index (χ3v) is 3.96. The van der Waals surface area contributed by atoms with Gasteiger partial charge in [-0.15, -0.1) is 5.73 Å². The Bertz CT molecular complexity index is 381. The number of rotatable bonds is 17. The largest absolute Gasteiger partial charge is 0.481 e. The van der Waals surface area contributed by atoms with Gasteiger partial charge in [-0.2, -0.15) is 0 Å². The van der Waals surface area contributed by atoms with E-state index in [-0.39, 0.29) is 6.42 Å². The van der Waals surface area contributed by atoms with E-state index in [2.05, 4.69) is 17.9 Å². The number of hydrogen-bond acceptors (Lipinski definition) is 2. The summed E-state index contributed by atoms with van der Waals surface area (Å²) in [6.45, 7) is 0. The first kappa shape index (κ1) is 22.5. The highest BCUT2D eigenvalue weighted by Gasteiger charge is 1.96. The van der Waals surface area contributed by atoms with Gasteiger partial charge in [0.05, 0.1) is 0 Å². The van der Waals surface area contributed by atoms with Gasteiger partial charge in [0.1, 0.15) is 0 Å². The molecule has 0 aromatic carbocycles. The summed E-state index contributed by atoms with van der Waals surface area (Å²) in [5.74, 6) is -1.39. The summed E-state index contributed by atoms with van der Waals surface area (Å²) in [5, 5.41) is 17.0. The second-order valence-electron chi connectivity index (χ2n) is 6.33. The lowest BCUT2D eigenvalue weighted by atomic mass is 10.1. The molecule has 0 rings (SSSR count). The van der Waals surface area contributed by atoms with Crippen LogP contribution in [0.2, 0.25) is 0 Å². The van der Waals surface area contributed by atoms with E-state index in [1.54, 1.807) is 0 Å². The van der Waals surface area contributed by atoms with Crippen molar-refractivity contribution in [2.24, 2.45) is 0 Å². The van der Waals surface area contributed by atoms with Crippen LogP contribution in [0.15, 0.2) is 17.9 Å². The van der Waals surface area contributed by atoms with Gasteiger partial charge in [-0.3, -0.25) is 9.59 Å². The molecule has 0 saturated carbocycles. The van der Waals surface area contributed by atoms with Crippen LogP contribution in [0.25, 0.3) is 0 Å². The Morgan fingerprint density at radius 2 is 0.917 bits per heavy atom. The zero-order valence-electron chi connectivity index (χ0n) is 15.0. The van der Waals surface area contributed by atoms with Crippen LogP contribution in [0, 0.1) is 0 Å². The minimum Gasteiger partial charge on any atom is -0.481 e. The Kier molecular flexibility index (Phi) is 16.7. The monoisotopic (exact) mass is 338 g/mol. The highest BCUT2D eigenvalue weighted by molar-refractivity contribution is 5.66. The van der Waals surface area contributed by atoms with Crippen molar-refractivity contribution in [3.63, 3.8) is 0 Å². The second-order valence-corrected chi connectivity index (χ2v) is 6.33. The molecular weight excluding hydrogens is 304 g/mol. The van der Waals surface area contributed by atoms with Crippen molar-refractivity contribution in [2.45, 2.75) is 96.3 Å². The van der Waals surface area contributed by atoms with Crippen molar-refractivity contribution in [3.8, 4) is 0 Å². The van der Waals surface area contributed by atoms with Gasteiger partial charge in [-0.05, 0) is 50.7 Å². The van der Waals surface area contributed by atoms with Gasteiger partial charge in [0.2, 0.25) is 0 Å². The van der Waals surface area contributed by atoms with Gasteiger partial charge in [0.25, 0.3) is 0 Å². The van der Waals surface area contributed by atoms with E-state index < -0.39 is 11.9 Å². The number of unbranched alkanes of at least 4 members (excludes halogenated alkanes) is 11. The van der Waals surface area contributed by atoms with Gasteiger partial charge < -0.3 is 10.2 Å². The zero-order chi connectivity index (χ0) is 17.9. The average molecular weight is 338 g/mol. The minimum atomic E-state index is -0.705. The smallest absolute Gasteiger partial charge is 0.303 e. The Morgan fingerprint density at radius 3 is 1.33 bits per heavy atom. The molecule has 138 valence electrons. The molecule has 0 heterocycles. The normalized spacial score (nSPS) is 10.2. The molecule has 0 amide bonds. The number of aliphatic carboxylic acids is 2. The molecule has 0 aliphatic heterocycles. The van der Waals surface area contributed by atoms with Crippen molar-refractivity contribution in [1.82, 2.24) is 0 Å². The Morgan fingerprint density at radius 1 is 0.583 bits per heavy atom. The van der Waals surface area contributed by atoms with Gasteiger partial charge >= 0.3 is 11.9 Å². The summed E-state index contributed by atoms with van der Waals surface area (Å²) >= 11 is 0. The molecule has 0 saturated heterocycles. The Balaban J connectivity index is 3.21. The summed E-state index contributed by atoms with van der Waals surface area (Å²) < 4.78 is 0. The Hall–Kier alpha value is -1.54. The number of hydrogen-bond donors (Lipinski definition) is 2. The summed E-state index contributed by atoms with van der Waals surface area (Å²) in [6.07, 6.45) is 18.8. The van der Waals surface area contributed by atoms with Crippen LogP contribution in [0.4, 0.5) is 0 Å². The Labute approximate surface area is 146 Å². The molecule has 0 fully saturated rings. The maximum atomic E-state index is 10.4. The molecule has 0 spiro atoms. The van der Waals surface area contributed by atoms with Crippen molar-refractivity contribution in [2.75, 3.05) is 0 Å². The predicted octanol–water partition coefficient (Wildman–Crippen LogP) is 5.72. The molecule has 0 aliphatic rings. The van der Waals surface area contributed by atoms with Crippen LogP contribution in [0.5, 0.6) is 0 Å². The fourth-order valence-corrected chi connectivity index (χ4v) is 2.53. The fraction of sp³-hybridized carbons (Fsp3) is 0.750. The molecule has 0 aliphatic carbocycles. The third-order valence-electron chi connectivity index (χ3n) is 3.96. The topological polar surface area (TPSA) is 74.6 Å². The fourth-order valence-electron chi connectivity index (χ4n) is 2.53. The van der Waals surface area contributed by atoms with Crippen LogP contribution >= 0.6 is 0 Å². The van der Waals surface area contributed by atoms with E-state index in [1.165, 1.54) is 32.1 Å². The minimum absolute atomic E-state index is 0.280. The standard InChI is InChI=1S/C20H34O4/c21-19(22)17-15-13-11-9-7-5-3-1-2-4-6-8-10-12-14-16-18-20(23)24/h3,7H,1-2,4,6,8-18H2,(H,21,22)(H,23,24). The molecular formula is C20H34O4. The lowest BCUT2D eigenvalue weighted by Crippen LogP contribution is -1.93. The first-order chi connectivity index (χ1) is 11.6.